The van der Waals surface area contributed by atoms with Gasteiger partial charge in [-0.25, -0.2) is 4.79 Å². The molecule has 0 aliphatic rings. The lowest BCUT2D eigenvalue weighted by atomic mass is 10.2. The van der Waals surface area contributed by atoms with Crippen LogP contribution in [0.25, 0.3) is 0 Å². The number of hydrogen-bond acceptors (Lipinski definition) is 2. The van der Waals surface area contributed by atoms with E-state index < -0.39 is 0 Å². The average molecular weight is 166 g/mol. The van der Waals surface area contributed by atoms with Crippen LogP contribution in [0.5, 0.6) is 0 Å². The maximum absolute atomic E-state index is 11.0. The second-order valence-corrected chi connectivity index (χ2v) is 2.30. The topological polar surface area (TPSA) is 26.3 Å². The Labute approximate surface area is 73.2 Å². The van der Waals surface area contributed by atoms with Crippen molar-refractivity contribution < 1.29 is 9.53 Å². The van der Waals surface area contributed by atoms with Crippen LogP contribution in [0, 0.1) is 0 Å². The Morgan fingerprint density at radius 3 is 2.58 bits per heavy atom. The van der Waals surface area contributed by atoms with Crippen LogP contribution in [-0.2, 0) is 9.53 Å². The fourth-order valence-corrected chi connectivity index (χ4v) is 0.592. The molecular weight excluding hydrogens is 152 g/mol. The molecule has 2 heteroatoms. The molecule has 0 aromatic heterocycles. The van der Waals surface area contributed by atoms with Crippen molar-refractivity contribution in [2.45, 2.75) is 13.3 Å². The van der Waals surface area contributed by atoms with Crippen LogP contribution < -0.4 is 0 Å². The highest BCUT2D eigenvalue weighted by Crippen LogP contribution is 1.98. The molecule has 0 N–H and O–H groups in total. The zero-order chi connectivity index (χ0) is 9.40. The molecule has 0 amide bonds. The van der Waals surface area contributed by atoms with Gasteiger partial charge in [0.15, 0.2) is 0 Å². The Bertz CT molecular complexity index is 202. The summed E-state index contributed by atoms with van der Waals surface area (Å²) in [4.78, 5) is 11.0. The van der Waals surface area contributed by atoms with Crippen LogP contribution >= 0.6 is 0 Å². The fourth-order valence-electron chi connectivity index (χ4n) is 0.592. The average Bonchev–Trinajstić information content (AvgIpc) is 2.10. The third-order valence-corrected chi connectivity index (χ3v) is 1.24. The number of allylic oxidation sites excluding steroid dienone is 2. The molecular formula is C10H14O2. The Kier molecular flexibility index (Phi) is 5.70. The van der Waals surface area contributed by atoms with Gasteiger partial charge < -0.3 is 4.74 Å². The standard InChI is InChI=1S/C10H14O2/c1-4-6-7-9(3)10(11)12-8-5-2/h4-5,7H,1-2,6,8H2,3H3/b9-7+. The van der Waals surface area contributed by atoms with E-state index in [-0.39, 0.29) is 12.6 Å². The van der Waals surface area contributed by atoms with E-state index in [1.165, 1.54) is 0 Å². The molecule has 0 fully saturated rings. The molecule has 0 saturated carbocycles. The molecule has 0 atom stereocenters. The first-order valence-electron chi connectivity index (χ1n) is 3.78. The van der Waals surface area contributed by atoms with Crippen LogP contribution in [0.4, 0.5) is 0 Å². The SMILES string of the molecule is C=CC/C=C(\C)C(=O)OCC=C. The van der Waals surface area contributed by atoms with Crippen LogP contribution in [-0.4, -0.2) is 12.6 Å². The first kappa shape index (κ1) is 10.7. The van der Waals surface area contributed by atoms with Gasteiger partial charge in [0.25, 0.3) is 0 Å². The second-order valence-electron chi connectivity index (χ2n) is 2.30. The van der Waals surface area contributed by atoms with E-state index in [9.17, 15) is 4.79 Å². The molecule has 12 heavy (non-hydrogen) atoms. The minimum absolute atomic E-state index is 0.262. The quantitative estimate of drug-likeness (QED) is 0.355. The van der Waals surface area contributed by atoms with E-state index in [0.29, 0.717) is 12.0 Å². The molecule has 0 aromatic rings. The molecule has 2 nitrogen and oxygen atoms in total. The van der Waals surface area contributed by atoms with E-state index >= 15 is 0 Å². The molecule has 0 heterocycles. The van der Waals surface area contributed by atoms with Gasteiger partial charge in [-0.2, -0.15) is 0 Å². The molecule has 0 radical (unpaired) electrons. The summed E-state index contributed by atoms with van der Waals surface area (Å²) in [6.45, 7) is 8.96. The van der Waals surface area contributed by atoms with Crippen molar-refractivity contribution >= 4 is 5.97 Å². The molecule has 0 aromatic carbocycles. The van der Waals surface area contributed by atoms with Gasteiger partial charge in [-0.1, -0.05) is 24.8 Å². The van der Waals surface area contributed by atoms with Crippen LogP contribution in [0.1, 0.15) is 13.3 Å². The maximum Gasteiger partial charge on any atom is 0.333 e. The van der Waals surface area contributed by atoms with Crippen molar-refractivity contribution in [2.75, 3.05) is 6.61 Å². The fraction of sp³-hybridized carbons (Fsp3) is 0.300. The number of ether oxygens (including phenoxy) is 1. The maximum atomic E-state index is 11.0. The van der Waals surface area contributed by atoms with Gasteiger partial charge in [-0.15, -0.1) is 6.58 Å². The zero-order valence-electron chi connectivity index (χ0n) is 7.38. The van der Waals surface area contributed by atoms with E-state index in [4.69, 9.17) is 4.74 Å². The van der Waals surface area contributed by atoms with Crippen molar-refractivity contribution in [1.82, 2.24) is 0 Å². The van der Waals surface area contributed by atoms with E-state index in [1.54, 1.807) is 25.2 Å². The molecule has 0 aliphatic carbocycles. The summed E-state index contributed by atoms with van der Waals surface area (Å²) < 4.78 is 4.79. The van der Waals surface area contributed by atoms with Crippen molar-refractivity contribution in [3.63, 3.8) is 0 Å². The summed E-state index contributed by atoms with van der Waals surface area (Å²) in [5.74, 6) is -0.295. The molecule has 0 unspecified atom stereocenters. The molecule has 66 valence electrons. The van der Waals surface area contributed by atoms with Gasteiger partial charge in [0.2, 0.25) is 0 Å². The van der Waals surface area contributed by atoms with E-state index in [0.717, 1.165) is 0 Å². The Morgan fingerprint density at radius 1 is 1.42 bits per heavy atom. The highest BCUT2D eigenvalue weighted by atomic mass is 16.5. The Morgan fingerprint density at radius 2 is 2.08 bits per heavy atom. The smallest absolute Gasteiger partial charge is 0.333 e. The summed E-state index contributed by atoms with van der Waals surface area (Å²) in [6, 6.07) is 0. The minimum Gasteiger partial charge on any atom is -0.458 e. The normalized spacial score (nSPS) is 10.6. The highest BCUT2D eigenvalue weighted by molar-refractivity contribution is 5.87. The number of rotatable bonds is 5. The van der Waals surface area contributed by atoms with Crippen LogP contribution in [0.2, 0.25) is 0 Å². The van der Waals surface area contributed by atoms with Gasteiger partial charge in [-0.3, -0.25) is 0 Å². The molecule has 0 bridgehead atoms. The predicted molar refractivity (Wildman–Crippen MR) is 49.7 cm³/mol. The largest absolute Gasteiger partial charge is 0.458 e. The van der Waals surface area contributed by atoms with Crippen molar-refractivity contribution in [2.24, 2.45) is 0 Å². The number of hydrogen-bond donors (Lipinski definition) is 0. The van der Waals surface area contributed by atoms with E-state index in [1.807, 2.05) is 0 Å². The van der Waals surface area contributed by atoms with E-state index in [2.05, 4.69) is 13.2 Å². The summed E-state index contributed by atoms with van der Waals surface area (Å²) in [5.41, 5.74) is 0.608. The van der Waals surface area contributed by atoms with Crippen molar-refractivity contribution in [3.8, 4) is 0 Å². The monoisotopic (exact) mass is 166 g/mol. The summed E-state index contributed by atoms with van der Waals surface area (Å²) in [6.07, 6.45) is 5.73. The first-order valence-corrected chi connectivity index (χ1v) is 3.78. The van der Waals surface area contributed by atoms with Gasteiger partial charge in [-0.05, 0) is 13.3 Å². The van der Waals surface area contributed by atoms with Gasteiger partial charge in [0, 0.05) is 5.57 Å². The Balaban J connectivity index is 3.90. The van der Waals surface area contributed by atoms with Gasteiger partial charge in [0.05, 0.1) is 0 Å². The first-order chi connectivity index (χ1) is 5.72. The number of esters is 1. The van der Waals surface area contributed by atoms with Crippen LogP contribution in [0.3, 0.4) is 0 Å². The summed E-state index contributed by atoms with van der Waals surface area (Å²) >= 11 is 0. The van der Waals surface area contributed by atoms with Crippen molar-refractivity contribution in [1.29, 1.82) is 0 Å². The van der Waals surface area contributed by atoms with Crippen LogP contribution in [0.15, 0.2) is 37.0 Å². The number of carbonyl (C=O) groups is 1. The lowest BCUT2D eigenvalue weighted by Crippen LogP contribution is -2.05. The second kappa shape index (κ2) is 6.40. The summed E-state index contributed by atoms with van der Waals surface area (Å²) in [5, 5.41) is 0. The minimum atomic E-state index is -0.295. The molecule has 0 aliphatic heterocycles. The van der Waals surface area contributed by atoms with Crippen molar-refractivity contribution in [3.05, 3.63) is 37.0 Å². The zero-order valence-corrected chi connectivity index (χ0v) is 7.38. The third-order valence-electron chi connectivity index (χ3n) is 1.24. The predicted octanol–water partition coefficient (Wildman–Crippen LogP) is 2.24. The van der Waals surface area contributed by atoms with Gasteiger partial charge >= 0.3 is 5.97 Å². The number of carbonyl (C=O) groups excluding carboxylic acids is 1. The molecule has 0 rings (SSSR count). The molecule has 0 spiro atoms. The summed E-state index contributed by atoms with van der Waals surface area (Å²) in [7, 11) is 0. The molecule has 0 saturated heterocycles. The lowest BCUT2D eigenvalue weighted by molar-refractivity contribution is -0.137. The Hall–Kier alpha value is -1.31. The third kappa shape index (κ3) is 4.50. The van der Waals surface area contributed by atoms with Gasteiger partial charge in [0.1, 0.15) is 6.61 Å². The lowest BCUT2D eigenvalue weighted by Gasteiger charge is -2.00. The highest BCUT2D eigenvalue weighted by Gasteiger charge is 2.02.